The SMILES string of the molecule is CC(C)[C@H](NS(C)(=O)=O)C(=O)N1CC[C@H](C(C)C)[C@H]1C(=O)N[C@@H](C[C@@H]1CCNC1=O)C(=O)c1nc2ccccc2s1. The van der Waals surface area contributed by atoms with Crippen molar-refractivity contribution in [2.24, 2.45) is 23.7 Å². The van der Waals surface area contributed by atoms with Crippen LogP contribution in [0.2, 0.25) is 0 Å². The van der Waals surface area contributed by atoms with Crippen LogP contribution >= 0.6 is 11.3 Å². The van der Waals surface area contributed by atoms with Crippen LogP contribution in [0.3, 0.4) is 0 Å². The van der Waals surface area contributed by atoms with Crippen LogP contribution in [0, 0.1) is 23.7 Å². The Morgan fingerprint density at radius 2 is 1.85 bits per heavy atom. The molecular weight excluding hydrogens is 566 g/mol. The van der Waals surface area contributed by atoms with E-state index in [2.05, 4.69) is 20.3 Å². The Kier molecular flexibility index (Phi) is 9.49. The first-order valence-electron chi connectivity index (χ1n) is 14.0. The van der Waals surface area contributed by atoms with Gasteiger partial charge in [0.05, 0.1) is 22.5 Å². The summed E-state index contributed by atoms with van der Waals surface area (Å²) < 4.78 is 27.3. The molecule has 224 valence electrons. The number of rotatable bonds is 11. The van der Waals surface area contributed by atoms with E-state index in [0.717, 1.165) is 11.0 Å². The van der Waals surface area contributed by atoms with E-state index in [1.807, 2.05) is 38.1 Å². The van der Waals surface area contributed by atoms with E-state index in [-0.39, 0.29) is 47.4 Å². The van der Waals surface area contributed by atoms with Crippen molar-refractivity contribution >= 4 is 55.1 Å². The minimum atomic E-state index is -3.69. The Morgan fingerprint density at radius 3 is 2.44 bits per heavy atom. The molecule has 41 heavy (non-hydrogen) atoms. The third-order valence-electron chi connectivity index (χ3n) is 7.95. The molecule has 0 aliphatic carbocycles. The van der Waals surface area contributed by atoms with Crippen molar-refractivity contribution in [1.29, 1.82) is 0 Å². The van der Waals surface area contributed by atoms with E-state index in [4.69, 9.17) is 0 Å². The van der Waals surface area contributed by atoms with Gasteiger partial charge in [-0.15, -0.1) is 11.3 Å². The normalized spacial score (nSPS) is 22.8. The number of ketones is 1. The summed E-state index contributed by atoms with van der Waals surface area (Å²) in [5.41, 5.74) is 0.676. The van der Waals surface area contributed by atoms with Crippen LogP contribution in [0.4, 0.5) is 0 Å². The fraction of sp³-hybridized carbons (Fsp3) is 0.607. The van der Waals surface area contributed by atoms with Crippen molar-refractivity contribution in [2.45, 2.75) is 65.1 Å². The molecule has 0 unspecified atom stereocenters. The molecule has 0 spiro atoms. The van der Waals surface area contributed by atoms with E-state index in [9.17, 15) is 27.6 Å². The number of Topliss-reactive ketones (excluding diaryl/α,β-unsaturated/α-hetero) is 1. The number of para-hydroxylation sites is 1. The molecule has 0 bridgehead atoms. The zero-order valence-corrected chi connectivity index (χ0v) is 25.7. The molecule has 3 N–H and O–H groups in total. The summed E-state index contributed by atoms with van der Waals surface area (Å²) >= 11 is 1.23. The molecule has 5 atom stereocenters. The standard InChI is InChI=1S/C28H39N5O6S2/c1-15(2)18-11-13-33(28(37)22(16(3)4)32-41(5,38)39)23(18)26(36)30-20(14-17-10-12-29-25(17)35)24(34)27-31-19-8-6-7-9-21(19)40-27/h6-9,15-18,20,22-23,32H,10-14H2,1-5H3,(H,29,35)(H,30,36)/t17-,18+,20-,22-,23-/m0/s1. The first kappa shape index (κ1) is 31.0. The van der Waals surface area contributed by atoms with E-state index in [1.165, 1.54) is 16.2 Å². The largest absolute Gasteiger partial charge is 0.356 e. The van der Waals surface area contributed by atoms with Gasteiger partial charge in [-0.25, -0.2) is 18.1 Å². The lowest BCUT2D eigenvalue weighted by Gasteiger charge is -2.33. The lowest BCUT2D eigenvalue weighted by Crippen LogP contribution is -2.58. The van der Waals surface area contributed by atoms with Crippen LogP contribution in [0.1, 0.15) is 56.8 Å². The number of benzene rings is 1. The number of aromatic nitrogens is 1. The smallest absolute Gasteiger partial charge is 0.243 e. The van der Waals surface area contributed by atoms with Gasteiger partial charge in [0.15, 0.2) is 5.01 Å². The van der Waals surface area contributed by atoms with E-state index < -0.39 is 45.9 Å². The molecule has 1 aromatic carbocycles. The Balaban J connectivity index is 1.64. The van der Waals surface area contributed by atoms with Crippen molar-refractivity contribution in [3.05, 3.63) is 29.3 Å². The molecule has 1 aromatic heterocycles. The van der Waals surface area contributed by atoms with Crippen LogP contribution in [-0.2, 0) is 24.4 Å². The molecule has 0 saturated carbocycles. The highest BCUT2D eigenvalue weighted by molar-refractivity contribution is 7.88. The first-order valence-corrected chi connectivity index (χ1v) is 16.7. The highest BCUT2D eigenvalue weighted by Crippen LogP contribution is 2.33. The Labute approximate surface area is 244 Å². The minimum absolute atomic E-state index is 0.0444. The lowest BCUT2D eigenvalue weighted by atomic mass is 9.87. The monoisotopic (exact) mass is 605 g/mol. The van der Waals surface area contributed by atoms with Crippen molar-refractivity contribution in [3.8, 4) is 0 Å². The summed E-state index contributed by atoms with van der Waals surface area (Å²) in [4.78, 5) is 59.9. The summed E-state index contributed by atoms with van der Waals surface area (Å²) in [6.07, 6.45) is 2.22. The number of thiazole rings is 1. The number of nitrogens with zero attached hydrogens (tertiary/aromatic N) is 2. The van der Waals surface area contributed by atoms with Crippen LogP contribution in [0.5, 0.6) is 0 Å². The number of hydrogen-bond donors (Lipinski definition) is 3. The van der Waals surface area contributed by atoms with Gasteiger partial charge in [-0.1, -0.05) is 39.8 Å². The maximum absolute atomic E-state index is 14.0. The van der Waals surface area contributed by atoms with Gasteiger partial charge in [0, 0.05) is 19.0 Å². The van der Waals surface area contributed by atoms with Crippen LogP contribution in [0.25, 0.3) is 10.2 Å². The highest BCUT2D eigenvalue weighted by Gasteiger charge is 2.46. The molecule has 4 rings (SSSR count). The van der Waals surface area contributed by atoms with Gasteiger partial charge < -0.3 is 15.5 Å². The van der Waals surface area contributed by atoms with Gasteiger partial charge in [0.1, 0.15) is 12.1 Å². The van der Waals surface area contributed by atoms with Crippen molar-refractivity contribution in [1.82, 2.24) is 25.2 Å². The zero-order valence-electron chi connectivity index (χ0n) is 24.0. The van der Waals surface area contributed by atoms with Gasteiger partial charge in [-0.3, -0.25) is 19.2 Å². The molecule has 3 amide bonds. The third kappa shape index (κ3) is 7.12. The van der Waals surface area contributed by atoms with Gasteiger partial charge in [0.25, 0.3) is 0 Å². The molecule has 3 heterocycles. The fourth-order valence-electron chi connectivity index (χ4n) is 5.75. The van der Waals surface area contributed by atoms with Crippen LogP contribution in [0.15, 0.2) is 24.3 Å². The Hall–Kier alpha value is -2.90. The van der Waals surface area contributed by atoms with E-state index in [1.54, 1.807) is 13.8 Å². The Morgan fingerprint density at radius 1 is 1.15 bits per heavy atom. The predicted octanol–water partition coefficient (Wildman–Crippen LogP) is 1.94. The van der Waals surface area contributed by atoms with Crippen LogP contribution in [-0.4, -0.2) is 79.3 Å². The minimum Gasteiger partial charge on any atom is -0.356 e. The molecule has 2 aromatic rings. The second-order valence-electron chi connectivity index (χ2n) is 11.7. The maximum Gasteiger partial charge on any atom is 0.243 e. The Bertz CT molecular complexity index is 1390. The van der Waals surface area contributed by atoms with Gasteiger partial charge in [-0.2, -0.15) is 0 Å². The summed E-state index contributed by atoms with van der Waals surface area (Å²) in [5.74, 6) is -2.45. The quantitative estimate of drug-likeness (QED) is 0.331. The zero-order chi connectivity index (χ0) is 30.1. The first-order chi connectivity index (χ1) is 19.3. The molecule has 0 radical (unpaired) electrons. The molecule has 2 saturated heterocycles. The lowest BCUT2D eigenvalue weighted by molar-refractivity contribution is -0.142. The number of nitrogens with one attached hydrogen (secondary N) is 3. The number of hydrogen-bond acceptors (Lipinski definition) is 8. The highest BCUT2D eigenvalue weighted by atomic mass is 32.2. The number of carbonyl (C=O) groups is 4. The summed E-state index contributed by atoms with van der Waals surface area (Å²) in [6, 6.07) is 4.42. The van der Waals surface area contributed by atoms with Crippen molar-refractivity contribution in [3.63, 3.8) is 0 Å². The molecule has 11 nitrogen and oxygen atoms in total. The van der Waals surface area contributed by atoms with E-state index in [0.29, 0.717) is 24.9 Å². The summed E-state index contributed by atoms with van der Waals surface area (Å²) in [7, 11) is -3.69. The molecule has 2 aliphatic rings. The second-order valence-corrected chi connectivity index (χ2v) is 14.5. The van der Waals surface area contributed by atoms with Crippen molar-refractivity contribution in [2.75, 3.05) is 19.3 Å². The number of fused-ring (bicyclic) bond motifs is 1. The summed E-state index contributed by atoms with van der Waals surface area (Å²) in [5, 5.41) is 5.93. The second kappa shape index (κ2) is 12.5. The topological polar surface area (TPSA) is 155 Å². The third-order valence-corrected chi connectivity index (χ3v) is 9.68. The van der Waals surface area contributed by atoms with Crippen molar-refractivity contribution < 1.29 is 27.6 Å². The fourth-order valence-corrected chi connectivity index (χ4v) is 7.54. The molecular formula is C28H39N5O6S2. The summed E-state index contributed by atoms with van der Waals surface area (Å²) in [6.45, 7) is 8.22. The van der Waals surface area contributed by atoms with Crippen LogP contribution < -0.4 is 15.4 Å². The number of amides is 3. The average molecular weight is 606 g/mol. The van der Waals surface area contributed by atoms with Gasteiger partial charge in [0.2, 0.25) is 33.5 Å². The van der Waals surface area contributed by atoms with E-state index >= 15 is 0 Å². The molecule has 2 aliphatic heterocycles. The average Bonchev–Trinajstić information content (AvgIpc) is 3.63. The maximum atomic E-state index is 14.0. The van der Waals surface area contributed by atoms with Gasteiger partial charge >= 0.3 is 0 Å². The number of carbonyl (C=O) groups excluding carboxylic acids is 4. The molecule has 2 fully saturated rings. The predicted molar refractivity (Wildman–Crippen MR) is 157 cm³/mol. The van der Waals surface area contributed by atoms with Gasteiger partial charge in [-0.05, 0) is 49.1 Å². The number of likely N-dealkylation sites (tertiary alicyclic amines) is 1. The molecule has 13 heteroatoms. The number of sulfonamides is 1.